The van der Waals surface area contributed by atoms with E-state index in [-0.39, 0.29) is 11.9 Å². The van der Waals surface area contributed by atoms with Gasteiger partial charge in [0.1, 0.15) is 0 Å². The molecule has 1 aromatic carbocycles. The lowest BCUT2D eigenvalue weighted by Gasteiger charge is -2.16. The van der Waals surface area contributed by atoms with Crippen LogP contribution in [0.3, 0.4) is 0 Å². The Morgan fingerprint density at radius 2 is 1.81 bits per heavy atom. The van der Waals surface area contributed by atoms with E-state index in [2.05, 4.69) is 48.4 Å². The molecule has 2 aromatic rings. The summed E-state index contributed by atoms with van der Waals surface area (Å²) in [5, 5.41) is 3.00. The third-order valence-electron chi connectivity index (χ3n) is 3.89. The van der Waals surface area contributed by atoms with Gasteiger partial charge in [0.25, 0.3) is 5.91 Å². The summed E-state index contributed by atoms with van der Waals surface area (Å²) in [6.45, 7) is 6.41. The van der Waals surface area contributed by atoms with Crippen molar-refractivity contribution in [3.05, 3.63) is 65.5 Å². The highest BCUT2D eigenvalue weighted by Crippen LogP contribution is 2.21. The molecule has 1 aromatic heterocycles. The van der Waals surface area contributed by atoms with E-state index in [0.29, 0.717) is 11.5 Å². The first-order valence-corrected chi connectivity index (χ1v) is 7.42. The number of rotatable bonds is 5. The van der Waals surface area contributed by atoms with Crippen LogP contribution in [-0.2, 0) is 0 Å². The number of pyridine rings is 1. The summed E-state index contributed by atoms with van der Waals surface area (Å²) in [4.78, 5) is 16.1. The van der Waals surface area contributed by atoms with Crippen LogP contribution in [0.5, 0.6) is 0 Å². The van der Waals surface area contributed by atoms with Gasteiger partial charge in [-0.2, -0.15) is 0 Å². The lowest BCUT2D eigenvalue weighted by molar-refractivity contribution is 0.0939. The topological polar surface area (TPSA) is 42.0 Å². The third kappa shape index (κ3) is 3.91. The molecule has 1 heterocycles. The normalized spacial score (nSPS) is 13.5. The lowest BCUT2D eigenvalue weighted by atomic mass is 9.96. The Hall–Kier alpha value is -2.16. The highest BCUT2D eigenvalue weighted by atomic mass is 16.1. The number of hydrogen-bond donors (Lipinski definition) is 1. The number of carbonyl (C=O) groups excluding carboxylic acids is 1. The monoisotopic (exact) mass is 282 g/mol. The molecule has 0 aliphatic carbocycles. The standard InChI is InChI=1S/C18H22N2O/c1-4-13(2)15-7-9-16(10-8-15)14(3)20-18(21)17-6-5-11-19-12-17/h5-14H,4H2,1-3H3,(H,20,21)/t13-,14-/m1/s1. The fourth-order valence-corrected chi connectivity index (χ4v) is 2.21. The molecule has 2 atom stereocenters. The SMILES string of the molecule is CC[C@@H](C)c1ccc([C@@H](C)NC(=O)c2cccnc2)cc1. The number of benzene rings is 1. The molecular weight excluding hydrogens is 260 g/mol. The maximum atomic E-state index is 12.1. The fraction of sp³-hybridized carbons (Fsp3) is 0.333. The Balaban J connectivity index is 2.03. The van der Waals surface area contributed by atoms with E-state index in [0.717, 1.165) is 12.0 Å². The largest absolute Gasteiger partial charge is 0.345 e. The van der Waals surface area contributed by atoms with Crippen molar-refractivity contribution in [1.29, 1.82) is 0 Å². The molecular formula is C18H22N2O. The molecule has 0 saturated carbocycles. The van der Waals surface area contributed by atoms with Crippen molar-refractivity contribution < 1.29 is 4.79 Å². The minimum absolute atomic E-state index is 0.0244. The number of aromatic nitrogens is 1. The molecule has 0 spiro atoms. The second-order valence-corrected chi connectivity index (χ2v) is 5.41. The first-order valence-electron chi connectivity index (χ1n) is 7.42. The summed E-state index contributed by atoms with van der Waals surface area (Å²) < 4.78 is 0. The molecule has 1 N–H and O–H groups in total. The smallest absolute Gasteiger partial charge is 0.253 e. The van der Waals surface area contributed by atoms with Gasteiger partial charge in [0, 0.05) is 12.4 Å². The predicted molar refractivity (Wildman–Crippen MR) is 85.3 cm³/mol. The molecule has 0 bridgehead atoms. The van der Waals surface area contributed by atoms with Crippen LogP contribution in [0.4, 0.5) is 0 Å². The van der Waals surface area contributed by atoms with Crippen molar-refractivity contribution in [2.75, 3.05) is 0 Å². The van der Waals surface area contributed by atoms with Crippen molar-refractivity contribution in [1.82, 2.24) is 10.3 Å². The molecule has 0 unspecified atom stereocenters. The zero-order valence-electron chi connectivity index (χ0n) is 12.8. The molecule has 1 amide bonds. The van der Waals surface area contributed by atoms with Crippen molar-refractivity contribution in [3.63, 3.8) is 0 Å². The Bertz CT molecular complexity index is 578. The number of hydrogen-bond acceptors (Lipinski definition) is 2. The van der Waals surface area contributed by atoms with E-state index in [1.807, 2.05) is 6.92 Å². The van der Waals surface area contributed by atoms with E-state index in [1.54, 1.807) is 24.5 Å². The molecule has 3 heteroatoms. The van der Waals surface area contributed by atoms with E-state index < -0.39 is 0 Å². The fourth-order valence-electron chi connectivity index (χ4n) is 2.21. The van der Waals surface area contributed by atoms with Gasteiger partial charge >= 0.3 is 0 Å². The Labute approximate surface area is 126 Å². The number of carbonyl (C=O) groups is 1. The number of amides is 1. The van der Waals surface area contributed by atoms with Gasteiger partial charge in [-0.15, -0.1) is 0 Å². The van der Waals surface area contributed by atoms with Crippen LogP contribution < -0.4 is 5.32 Å². The van der Waals surface area contributed by atoms with E-state index in [4.69, 9.17) is 0 Å². The average Bonchev–Trinajstić information content (AvgIpc) is 2.55. The van der Waals surface area contributed by atoms with Gasteiger partial charge in [0.2, 0.25) is 0 Å². The number of nitrogens with one attached hydrogen (secondary N) is 1. The summed E-state index contributed by atoms with van der Waals surface area (Å²) in [6, 6.07) is 12.0. The molecule has 110 valence electrons. The van der Waals surface area contributed by atoms with E-state index in [9.17, 15) is 4.79 Å². The van der Waals surface area contributed by atoms with Crippen LogP contribution in [0.1, 0.15) is 60.6 Å². The average molecular weight is 282 g/mol. The van der Waals surface area contributed by atoms with Crippen LogP contribution in [-0.4, -0.2) is 10.9 Å². The van der Waals surface area contributed by atoms with Gasteiger partial charge in [-0.05, 0) is 42.5 Å². The molecule has 2 rings (SSSR count). The molecule has 0 aliphatic heterocycles. The van der Waals surface area contributed by atoms with Crippen LogP contribution in [0, 0.1) is 0 Å². The summed E-state index contributed by atoms with van der Waals surface area (Å²) in [5.74, 6) is 0.473. The van der Waals surface area contributed by atoms with Gasteiger partial charge in [0.05, 0.1) is 11.6 Å². The first kappa shape index (κ1) is 15.2. The first-order chi connectivity index (χ1) is 10.1. The van der Waals surface area contributed by atoms with Gasteiger partial charge in [-0.1, -0.05) is 38.1 Å². The number of nitrogens with zero attached hydrogens (tertiary/aromatic N) is 1. The third-order valence-corrected chi connectivity index (χ3v) is 3.89. The predicted octanol–water partition coefficient (Wildman–Crippen LogP) is 4.09. The molecule has 0 saturated heterocycles. The van der Waals surface area contributed by atoms with Crippen LogP contribution in [0.15, 0.2) is 48.8 Å². The van der Waals surface area contributed by atoms with Crippen molar-refractivity contribution in [2.45, 2.75) is 39.2 Å². The maximum Gasteiger partial charge on any atom is 0.253 e. The second-order valence-electron chi connectivity index (χ2n) is 5.41. The van der Waals surface area contributed by atoms with Gasteiger partial charge in [-0.25, -0.2) is 0 Å². The second kappa shape index (κ2) is 7.02. The maximum absolute atomic E-state index is 12.1. The Morgan fingerprint density at radius 3 is 2.38 bits per heavy atom. The van der Waals surface area contributed by atoms with Crippen molar-refractivity contribution >= 4 is 5.91 Å². The highest BCUT2D eigenvalue weighted by molar-refractivity contribution is 5.94. The van der Waals surface area contributed by atoms with Crippen LogP contribution in [0.2, 0.25) is 0 Å². The Kier molecular flexibility index (Phi) is 5.09. The zero-order chi connectivity index (χ0) is 15.2. The van der Waals surface area contributed by atoms with Gasteiger partial charge in [-0.3, -0.25) is 9.78 Å². The molecule has 3 nitrogen and oxygen atoms in total. The summed E-state index contributed by atoms with van der Waals surface area (Å²) in [6.07, 6.45) is 4.37. The van der Waals surface area contributed by atoms with Gasteiger partial charge in [0.15, 0.2) is 0 Å². The molecule has 21 heavy (non-hydrogen) atoms. The minimum Gasteiger partial charge on any atom is -0.345 e. The van der Waals surface area contributed by atoms with E-state index >= 15 is 0 Å². The molecule has 0 aliphatic rings. The molecule has 0 fully saturated rings. The summed E-state index contributed by atoms with van der Waals surface area (Å²) in [5.41, 5.74) is 3.03. The minimum atomic E-state index is -0.0957. The van der Waals surface area contributed by atoms with Crippen LogP contribution >= 0.6 is 0 Å². The highest BCUT2D eigenvalue weighted by Gasteiger charge is 2.12. The quantitative estimate of drug-likeness (QED) is 0.897. The Morgan fingerprint density at radius 1 is 1.14 bits per heavy atom. The zero-order valence-corrected chi connectivity index (χ0v) is 12.8. The van der Waals surface area contributed by atoms with Crippen molar-refractivity contribution in [3.8, 4) is 0 Å². The summed E-state index contributed by atoms with van der Waals surface area (Å²) in [7, 11) is 0. The summed E-state index contributed by atoms with van der Waals surface area (Å²) >= 11 is 0. The molecule has 0 radical (unpaired) electrons. The van der Waals surface area contributed by atoms with Crippen LogP contribution in [0.25, 0.3) is 0 Å². The van der Waals surface area contributed by atoms with Gasteiger partial charge < -0.3 is 5.32 Å². The van der Waals surface area contributed by atoms with E-state index in [1.165, 1.54) is 5.56 Å². The lowest BCUT2D eigenvalue weighted by Crippen LogP contribution is -2.26. The van der Waals surface area contributed by atoms with Crippen molar-refractivity contribution in [2.24, 2.45) is 0 Å².